The van der Waals surface area contributed by atoms with Gasteiger partial charge in [-0.15, -0.1) is 0 Å². The predicted octanol–water partition coefficient (Wildman–Crippen LogP) is 2.51. The van der Waals surface area contributed by atoms with Crippen molar-refractivity contribution in [3.8, 4) is 0 Å². The molecular formula is C18H20N2O3. The van der Waals surface area contributed by atoms with Crippen molar-refractivity contribution >= 4 is 17.5 Å². The van der Waals surface area contributed by atoms with Crippen molar-refractivity contribution in [2.75, 3.05) is 11.4 Å². The highest BCUT2D eigenvalue weighted by atomic mass is 16.3. The second-order valence-corrected chi connectivity index (χ2v) is 5.72. The SMILES string of the molecule is CCc1ccc(N2C[C@@H](C(=O)NCc3ccco3)CC2=O)cc1. The summed E-state index contributed by atoms with van der Waals surface area (Å²) < 4.78 is 5.19. The first-order chi connectivity index (χ1) is 11.2. The number of rotatable bonds is 5. The summed E-state index contributed by atoms with van der Waals surface area (Å²) in [5.74, 6) is 0.271. The number of nitrogens with zero attached hydrogens (tertiary/aromatic N) is 1. The van der Waals surface area contributed by atoms with Gasteiger partial charge < -0.3 is 14.6 Å². The Morgan fingerprint density at radius 3 is 2.74 bits per heavy atom. The number of benzene rings is 1. The Morgan fingerprint density at radius 1 is 1.30 bits per heavy atom. The highest BCUT2D eigenvalue weighted by molar-refractivity contribution is 6.00. The standard InChI is InChI=1S/C18H20N2O3/c1-2-13-5-7-15(8-6-13)20-12-14(10-17(20)21)18(22)19-11-16-4-3-9-23-16/h3-9,14H,2,10-12H2,1H3,(H,19,22)/t14-/m0/s1. The molecule has 5 heteroatoms. The molecule has 1 aliphatic rings. The maximum absolute atomic E-state index is 12.2. The van der Waals surface area contributed by atoms with E-state index in [4.69, 9.17) is 4.42 Å². The van der Waals surface area contributed by atoms with Crippen LogP contribution in [0.25, 0.3) is 0 Å². The molecule has 1 fully saturated rings. The number of hydrogen-bond acceptors (Lipinski definition) is 3. The Morgan fingerprint density at radius 2 is 2.09 bits per heavy atom. The van der Waals surface area contributed by atoms with Gasteiger partial charge in [-0.25, -0.2) is 0 Å². The van der Waals surface area contributed by atoms with Crippen molar-refractivity contribution in [2.45, 2.75) is 26.3 Å². The van der Waals surface area contributed by atoms with Gasteiger partial charge in [-0.1, -0.05) is 19.1 Å². The molecule has 1 N–H and O–H groups in total. The molecule has 2 amide bonds. The molecule has 1 aromatic heterocycles. The van der Waals surface area contributed by atoms with Crippen LogP contribution < -0.4 is 10.2 Å². The molecule has 0 unspecified atom stereocenters. The van der Waals surface area contributed by atoms with Gasteiger partial charge in [-0.3, -0.25) is 9.59 Å². The molecule has 0 spiro atoms. The van der Waals surface area contributed by atoms with Crippen LogP contribution in [0.3, 0.4) is 0 Å². The Balaban J connectivity index is 1.60. The quantitative estimate of drug-likeness (QED) is 0.922. The fourth-order valence-corrected chi connectivity index (χ4v) is 2.78. The number of hydrogen-bond donors (Lipinski definition) is 1. The second kappa shape index (κ2) is 6.69. The summed E-state index contributed by atoms with van der Waals surface area (Å²) in [6, 6.07) is 11.5. The van der Waals surface area contributed by atoms with E-state index >= 15 is 0 Å². The first-order valence-corrected chi connectivity index (χ1v) is 7.86. The van der Waals surface area contributed by atoms with Gasteiger partial charge in [0.15, 0.2) is 0 Å². The lowest BCUT2D eigenvalue weighted by Crippen LogP contribution is -2.32. The summed E-state index contributed by atoms with van der Waals surface area (Å²) in [7, 11) is 0. The van der Waals surface area contributed by atoms with E-state index in [2.05, 4.69) is 12.2 Å². The molecule has 2 aromatic rings. The minimum Gasteiger partial charge on any atom is -0.467 e. The monoisotopic (exact) mass is 312 g/mol. The molecule has 1 saturated heterocycles. The Hall–Kier alpha value is -2.56. The number of carbonyl (C=O) groups excluding carboxylic acids is 2. The maximum atomic E-state index is 12.2. The molecule has 120 valence electrons. The molecule has 1 atom stereocenters. The Labute approximate surface area is 135 Å². The van der Waals surface area contributed by atoms with Crippen LogP contribution in [0.4, 0.5) is 5.69 Å². The van der Waals surface area contributed by atoms with Crippen LogP contribution in [0.5, 0.6) is 0 Å². The van der Waals surface area contributed by atoms with Crippen molar-refractivity contribution in [3.63, 3.8) is 0 Å². The zero-order chi connectivity index (χ0) is 16.2. The van der Waals surface area contributed by atoms with Crippen LogP contribution in [0, 0.1) is 5.92 Å². The predicted molar refractivity (Wildman–Crippen MR) is 86.8 cm³/mol. The molecule has 1 aromatic carbocycles. The van der Waals surface area contributed by atoms with Gasteiger partial charge >= 0.3 is 0 Å². The largest absolute Gasteiger partial charge is 0.467 e. The molecule has 2 heterocycles. The third kappa shape index (κ3) is 3.44. The van der Waals surface area contributed by atoms with E-state index in [0.717, 1.165) is 12.1 Å². The lowest BCUT2D eigenvalue weighted by Gasteiger charge is -2.17. The summed E-state index contributed by atoms with van der Waals surface area (Å²) >= 11 is 0. The topological polar surface area (TPSA) is 62.6 Å². The third-order valence-electron chi connectivity index (χ3n) is 4.17. The van der Waals surface area contributed by atoms with E-state index in [-0.39, 0.29) is 24.2 Å². The fraction of sp³-hybridized carbons (Fsp3) is 0.333. The molecule has 3 rings (SSSR count). The van der Waals surface area contributed by atoms with E-state index < -0.39 is 0 Å². The van der Waals surface area contributed by atoms with E-state index in [1.54, 1.807) is 17.2 Å². The number of carbonyl (C=O) groups is 2. The average molecular weight is 312 g/mol. The van der Waals surface area contributed by atoms with E-state index in [1.165, 1.54) is 5.56 Å². The van der Waals surface area contributed by atoms with E-state index in [9.17, 15) is 9.59 Å². The summed E-state index contributed by atoms with van der Waals surface area (Å²) in [5.41, 5.74) is 2.08. The first-order valence-electron chi connectivity index (χ1n) is 7.86. The van der Waals surface area contributed by atoms with Gasteiger partial charge in [-0.2, -0.15) is 0 Å². The molecule has 0 saturated carbocycles. The van der Waals surface area contributed by atoms with Crippen molar-refractivity contribution in [2.24, 2.45) is 5.92 Å². The van der Waals surface area contributed by atoms with Crippen molar-refractivity contribution in [1.29, 1.82) is 0 Å². The lowest BCUT2D eigenvalue weighted by atomic mass is 10.1. The van der Waals surface area contributed by atoms with Crippen LogP contribution >= 0.6 is 0 Å². The number of furan rings is 1. The average Bonchev–Trinajstić information content (AvgIpc) is 3.22. The number of amides is 2. The number of anilines is 1. The highest BCUT2D eigenvalue weighted by Gasteiger charge is 2.34. The van der Waals surface area contributed by atoms with Gasteiger partial charge in [0.2, 0.25) is 11.8 Å². The Bertz CT molecular complexity index is 677. The smallest absolute Gasteiger partial charge is 0.227 e. The highest BCUT2D eigenvalue weighted by Crippen LogP contribution is 2.25. The molecular weight excluding hydrogens is 292 g/mol. The lowest BCUT2D eigenvalue weighted by molar-refractivity contribution is -0.126. The maximum Gasteiger partial charge on any atom is 0.227 e. The van der Waals surface area contributed by atoms with Crippen LogP contribution in [-0.2, 0) is 22.6 Å². The summed E-state index contributed by atoms with van der Waals surface area (Å²) in [4.78, 5) is 26.1. The first kappa shape index (κ1) is 15.3. The van der Waals surface area contributed by atoms with Crippen LogP contribution in [0.15, 0.2) is 47.1 Å². The Kier molecular flexibility index (Phi) is 4.46. The molecule has 0 aliphatic carbocycles. The zero-order valence-electron chi connectivity index (χ0n) is 13.1. The minimum atomic E-state index is -0.316. The fourth-order valence-electron chi connectivity index (χ4n) is 2.78. The van der Waals surface area contributed by atoms with Crippen molar-refractivity contribution in [3.05, 3.63) is 54.0 Å². The number of nitrogens with one attached hydrogen (secondary N) is 1. The summed E-state index contributed by atoms with van der Waals surface area (Å²) in [5, 5.41) is 2.83. The molecule has 0 bridgehead atoms. The van der Waals surface area contributed by atoms with Crippen molar-refractivity contribution < 1.29 is 14.0 Å². The van der Waals surface area contributed by atoms with Gasteiger partial charge in [0.1, 0.15) is 5.76 Å². The van der Waals surface area contributed by atoms with Crippen molar-refractivity contribution in [1.82, 2.24) is 5.32 Å². The second-order valence-electron chi connectivity index (χ2n) is 5.72. The van der Waals surface area contributed by atoms with Gasteiger partial charge in [0.25, 0.3) is 0 Å². The summed E-state index contributed by atoms with van der Waals surface area (Å²) in [6.07, 6.45) is 2.79. The molecule has 23 heavy (non-hydrogen) atoms. The van der Waals surface area contributed by atoms with Gasteiger partial charge in [0, 0.05) is 18.7 Å². The zero-order valence-corrected chi connectivity index (χ0v) is 13.1. The number of aryl methyl sites for hydroxylation is 1. The molecule has 1 aliphatic heterocycles. The third-order valence-corrected chi connectivity index (χ3v) is 4.17. The minimum absolute atomic E-state index is 0.00704. The van der Waals surface area contributed by atoms with Gasteiger partial charge in [-0.05, 0) is 36.2 Å². The molecule has 5 nitrogen and oxygen atoms in total. The molecule has 0 radical (unpaired) electrons. The normalized spacial score (nSPS) is 17.5. The van der Waals surface area contributed by atoms with Crippen LogP contribution in [-0.4, -0.2) is 18.4 Å². The van der Waals surface area contributed by atoms with Gasteiger partial charge in [0.05, 0.1) is 18.7 Å². The van der Waals surface area contributed by atoms with E-state index in [0.29, 0.717) is 18.8 Å². The summed E-state index contributed by atoms with van der Waals surface area (Å²) in [6.45, 7) is 2.87. The van der Waals surface area contributed by atoms with Crippen LogP contribution in [0.1, 0.15) is 24.7 Å². The van der Waals surface area contributed by atoms with Crippen LogP contribution in [0.2, 0.25) is 0 Å². The van der Waals surface area contributed by atoms with E-state index in [1.807, 2.05) is 30.3 Å².